The van der Waals surface area contributed by atoms with Crippen molar-refractivity contribution in [2.45, 2.75) is 64.0 Å². The van der Waals surface area contributed by atoms with E-state index in [0.717, 1.165) is 6.42 Å². The Labute approximate surface area is 130 Å². The van der Waals surface area contributed by atoms with Gasteiger partial charge in [0.25, 0.3) is 0 Å². The Hall–Kier alpha value is -0.500. The number of aliphatic hydroxyl groups excluding tert-OH is 4. The lowest BCUT2D eigenvalue weighted by Gasteiger charge is -2.62. The summed E-state index contributed by atoms with van der Waals surface area (Å²) in [6.45, 7) is 6.08. The molecule has 22 heavy (non-hydrogen) atoms. The fourth-order valence-electron chi connectivity index (χ4n) is 4.42. The Morgan fingerprint density at radius 2 is 1.91 bits per heavy atom. The molecule has 8 unspecified atom stereocenters. The van der Waals surface area contributed by atoms with Crippen LogP contribution < -0.4 is 0 Å². The van der Waals surface area contributed by atoms with Gasteiger partial charge in [0.2, 0.25) is 0 Å². The Bertz CT molecular complexity index is 460. The van der Waals surface area contributed by atoms with E-state index >= 15 is 0 Å². The van der Waals surface area contributed by atoms with Crippen molar-refractivity contribution in [2.24, 2.45) is 17.3 Å². The summed E-state index contributed by atoms with van der Waals surface area (Å²) in [5, 5.41) is 39.0. The minimum absolute atomic E-state index is 0.0681. The van der Waals surface area contributed by atoms with Crippen LogP contribution in [0.1, 0.15) is 27.2 Å². The predicted octanol–water partition coefficient (Wildman–Crippen LogP) is -0.206. The number of fused-ring (bicyclic) bond motifs is 1. The summed E-state index contributed by atoms with van der Waals surface area (Å²) in [4.78, 5) is 0. The topological polar surface area (TPSA) is 99.4 Å². The molecule has 2 fully saturated rings. The molecule has 8 atom stereocenters. The maximum absolute atomic E-state index is 10.1. The summed E-state index contributed by atoms with van der Waals surface area (Å²) in [7, 11) is 0. The van der Waals surface area contributed by atoms with Gasteiger partial charge < -0.3 is 29.9 Å². The first kappa shape index (κ1) is 16.4. The number of ether oxygens (including phenoxy) is 2. The standard InChI is InChI=1S/C16H26O6/c1-7-4-5-8-14(10(7)16(8,2)3)22-15-13(20)12(19)11(18)9(6-17)21-15/h4,8-15,17-20H,5-6H2,1-3H3. The maximum atomic E-state index is 10.1. The number of hydrogen-bond acceptors (Lipinski definition) is 6. The molecule has 3 aliphatic carbocycles. The van der Waals surface area contributed by atoms with Crippen LogP contribution in [0.2, 0.25) is 0 Å². The number of allylic oxidation sites excluding steroid dienone is 1. The second-order valence-electron chi connectivity index (χ2n) is 7.39. The molecular weight excluding hydrogens is 288 g/mol. The molecule has 0 spiro atoms. The molecule has 0 amide bonds. The third-order valence-corrected chi connectivity index (χ3v) is 5.81. The van der Waals surface area contributed by atoms with Gasteiger partial charge in [-0.1, -0.05) is 25.5 Å². The highest BCUT2D eigenvalue weighted by molar-refractivity contribution is 5.25. The molecule has 1 heterocycles. The van der Waals surface area contributed by atoms with Crippen molar-refractivity contribution in [2.75, 3.05) is 6.61 Å². The Morgan fingerprint density at radius 1 is 1.23 bits per heavy atom. The van der Waals surface area contributed by atoms with Gasteiger partial charge >= 0.3 is 0 Å². The fourth-order valence-corrected chi connectivity index (χ4v) is 4.42. The average Bonchev–Trinajstić information content (AvgIpc) is 2.47. The van der Waals surface area contributed by atoms with Crippen LogP contribution in [0.4, 0.5) is 0 Å². The van der Waals surface area contributed by atoms with Crippen LogP contribution in [0.25, 0.3) is 0 Å². The van der Waals surface area contributed by atoms with Crippen LogP contribution in [0.15, 0.2) is 11.6 Å². The van der Waals surface area contributed by atoms with Gasteiger partial charge in [-0.2, -0.15) is 0 Å². The van der Waals surface area contributed by atoms with Crippen LogP contribution in [-0.4, -0.2) is 63.8 Å². The van der Waals surface area contributed by atoms with Crippen molar-refractivity contribution in [3.8, 4) is 0 Å². The smallest absolute Gasteiger partial charge is 0.187 e. The van der Waals surface area contributed by atoms with E-state index < -0.39 is 37.3 Å². The minimum atomic E-state index is -1.39. The van der Waals surface area contributed by atoms with Crippen LogP contribution in [-0.2, 0) is 9.47 Å². The fraction of sp³-hybridized carbons (Fsp3) is 0.875. The van der Waals surface area contributed by atoms with Crippen LogP contribution >= 0.6 is 0 Å². The van der Waals surface area contributed by atoms with Crippen molar-refractivity contribution in [1.82, 2.24) is 0 Å². The lowest BCUT2D eigenvalue weighted by molar-refractivity contribution is -0.339. The van der Waals surface area contributed by atoms with Gasteiger partial charge in [0.05, 0.1) is 12.7 Å². The highest BCUT2D eigenvalue weighted by Gasteiger charge is 2.60. The van der Waals surface area contributed by atoms with Crippen LogP contribution in [0.3, 0.4) is 0 Å². The molecule has 1 saturated heterocycles. The maximum Gasteiger partial charge on any atom is 0.187 e. The highest BCUT2D eigenvalue weighted by atomic mass is 16.7. The zero-order chi connectivity index (χ0) is 16.2. The summed E-state index contributed by atoms with van der Waals surface area (Å²) >= 11 is 0. The van der Waals surface area contributed by atoms with Crippen molar-refractivity contribution >= 4 is 0 Å². The second-order valence-corrected chi connectivity index (χ2v) is 7.39. The lowest BCUT2D eigenvalue weighted by Crippen LogP contribution is -2.65. The SMILES string of the molecule is CC1=CCC2C(OC3OC(CO)C(O)C(O)C3O)C1C2(C)C. The third-order valence-electron chi connectivity index (χ3n) is 5.81. The summed E-state index contributed by atoms with van der Waals surface area (Å²) < 4.78 is 11.4. The van der Waals surface area contributed by atoms with E-state index in [9.17, 15) is 20.4 Å². The molecule has 4 N–H and O–H groups in total. The third kappa shape index (κ3) is 2.25. The molecule has 0 aromatic carbocycles. The summed E-state index contributed by atoms with van der Waals surface area (Å²) in [5.74, 6) is 0.604. The van der Waals surface area contributed by atoms with E-state index in [-0.39, 0.29) is 17.4 Å². The van der Waals surface area contributed by atoms with Crippen LogP contribution in [0, 0.1) is 17.3 Å². The molecule has 0 radical (unpaired) electrons. The quantitative estimate of drug-likeness (QED) is 0.538. The van der Waals surface area contributed by atoms with Crippen molar-refractivity contribution in [3.63, 3.8) is 0 Å². The van der Waals surface area contributed by atoms with Gasteiger partial charge in [-0.15, -0.1) is 0 Å². The molecule has 6 nitrogen and oxygen atoms in total. The predicted molar refractivity (Wildman–Crippen MR) is 77.8 cm³/mol. The number of rotatable bonds is 3. The number of hydrogen-bond donors (Lipinski definition) is 4. The largest absolute Gasteiger partial charge is 0.394 e. The van der Waals surface area contributed by atoms with Crippen molar-refractivity contribution in [1.29, 1.82) is 0 Å². The molecular formula is C16H26O6. The molecule has 1 aliphatic heterocycles. The summed E-state index contributed by atoms with van der Waals surface area (Å²) in [5.41, 5.74) is 1.43. The van der Waals surface area contributed by atoms with E-state index in [1.807, 2.05) is 0 Å². The van der Waals surface area contributed by atoms with Crippen molar-refractivity contribution < 1.29 is 29.9 Å². The summed E-state index contributed by atoms with van der Waals surface area (Å²) in [6.07, 6.45) is -2.93. The molecule has 6 heteroatoms. The van der Waals surface area contributed by atoms with Crippen LogP contribution in [0.5, 0.6) is 0 Å². The first-order chi connectivity index (χ1) is 10.3. The summed E-state index contributed by atoms with van der Waals surface area (Å²) in [6, 6.07) is 0. The van der Waals surface area contributed by atoms with Gasteiger partial charge in [-0.05, 0) is 24.7 Å². The molecule has 4 rings (SSSR count). The monoisotopic (exact) mass is 314 g/mol. The molecule has 1 saturated carbocycles. The van der Waals surface area contributed by atoms with Gasteiger partial charge in [0.15, 0.2) is 6.29 Å². The second kappa shape index (κ2) is 5.54. The minimum Gasteiger partial charge on any atom is -0.394 e. The lowest BCUT2D eigenvalue weighted by atomic mass is 9.47. The normalized spacial score (nSPS) is 50.2. The molecule has 2 bridgehead atoms. The van der Waals surface area contributed by atoms with Gasteiger partial charge in [0.1, 0.15) is 24.4 Å². The van der Waals surface area contributed by atoms with Gasteiger partial charge in [0, 0.05) is 5.92 Å². The molecule has 0 aromatic heterocycles. The number of aliphatic hydroxyl groups is 4. The van der Waals surface area contributed by atoms with Gasteiger partial charge in [-0.25, -0.2) is 0 Å². The first-order valence-electron chi connectivity index (χ1n) is 7.91. The Morgan fingerprint density at radius 3 is 2.45 bits per heavy atom. The van der Waals surface area contributed by atoms with E-state index in [4.69, 9.17) is 9.47 Å². The molecule has 0 aromatic rings. The van der Waals surface area contributed by atoms with E-state index in [2.05, 4.69) is 26.8 Å². The average molecular weight is 314 g/mol. The molecule has 126 valence electrons. The van der Waals surface area contributed by atoms with E-state index in [0.29, 0.717) is 5.92 Å². The van der Waals surface area contributed by atoms with Crippen molar-refractivity contribution in [3.05, 3.63) is 11.6 Å². The van der Waals surface area contributed by atoms with E-state index in [1.165, 1.54) is 5.57 Å². The Kier molecular flexibility index (Phi) is 4.12. The van der Waals surface area contributed by atoms with Gasteiger partial charge in [-0.3, -0.25) is 0 Å². The highest BCUT2D eigenvalue weighted by Crippen LogP contribution is 2.60. The molecule has 4 aliphatic rings. The van der Waals surface area contributed by atoms with E-state index in [1.54, 1.807) is 0 Å². The zero-order valence-electron chi connectivity index (χ0n) is 13.2. The zero-order valence-corrected chi connectivity index (χ0v) is 13.2. The Balaban J connectivity index is 1.73. The first-order valence-corrected chi connectivity index (χ1v) is 7.91.